The van der Waals surface area contributed by atoms with Crippen molar-refractivity contribution in [2.75, 3.05) is 19.0 Å². The largest absolute Gasteiger partial charge is 0.377 e. The number of hydrazone groups is 1. The molecule has 24 heavy (non-hydrogen) atoms. The fourth-order valence-corrected chi connectivity index (χ4v) is 4.06. The van der Waals surface area contributed by atoms with Crippen molar-refractivity contribution in [1.29, 1.82) is 0 Å². The van der Waals surface area contributed by atoms with Gasteiger partial charge in [0.1, 0.15) is 0 Å². The Balaban J connectivity index is 2.00. The summed E-state index contributed by atoms with van der Waals surface area (Å²) in [6.45, 7) is 0. The van der Waals surface area contributed by atoms with Crippen LogP contribution in [-0.2, 0) is 10.0 Å². The third-order valence-corrected chi connectivity index (χ3v) is 5.63. The van der Waals surface area contributed by atoms with Gasteiger partial charge in [0.2, 0.25) is 0 Å². The molecule has 1 heterocycles. The van der Waals surface area contributed by atoms with Gasteiger partial charge >= 0.3 is 0 Å². The lowest BCUT2D eigenvalue weighted by Gasteiger charge is -2.16. The van der Waals surface area contributed by atoms with Gasteiger partial charge in [-0.2, -0.15) is 13.5 Å². The highest BCUT2D eigenvalue weighted by atomic mass is 32.2. The van der Waals surface area contributed by atoms with Crippen LogP contribution in [-0.4, -0.2) is 28.7 Å². The summed E-state index contributed by atoms with van der Waals surface area (Å²) in [5, 5.41) is 7.32. The smallest absolute Gasteiger partial charge is 0.277 e. The molecule has 2 aromatic carbocycles. The number of hydrogen-bond acceptors (Lipinski definition) is 5. The molecule has 0 aliphatic rings. The van der Waals surface area contributed by atoms with Crippen molar-refractivity contribution in [3.8, 4) is 0 Å². The van der Waals surface area contributed by atoms with E-state index in [1.54, 1.807) is 18.2 Å². The molecular weight excluding hydrogens is 342 g/mol. The second-order valence-corrected chi connectivity index (χ2v) is 8.00. The summed E-state index contributed by atoms with van der Waals surface area (Å²) in [6.07, 6.45) is 1.50. The maximum atomic E-state index is 12.6. The van der Waals surface area contributed by atoms with E-state index in [0.29, 0.717) is 5.39 Å². The molecule has 7 heteroatoms. The Morgan fingerprint density at radius 2 is 1.79 bits per heavy atom. The van der Waals surface area contributed by atoms with Crippen molar-refractivity contribution >= 4 is 44.0 Å². The third kappa shape index (κ3) is 3.27. The molecule has 0 fully saturated rings. The van der Waals surface area contributed by atoms with Crippen molar-refractivity contribution in [3.05, 3.63) is 58.8 Å². The zero-order chi connectivity index (χ0) is 17.2. The molecule has 0 bridgehead atoms. The van der Waals surface area contributed by atoms with Crippen LogP contribution in [0.3, 0.4) is 0 Å². The van der Waals surface area contributed by atoms with Crippen molar-refractivity contribution in [1.82, 2.24) is 4.83 Å². The maximum absolute atomic E-state index is 12.6. The van der Waals surface area contributed by atoms with Crippen LogP contribution in [0.5, 0.6) is 0 Å². The summed E-state index contributed by atoms with van der Waals surface area (Å²) >= 11 is 1.49. The van der Waals surface area contributed by atoms with E-state index in [-0.39, 0.29) is 4.90 Å². The highest BCUT2D eigenvalue weighted by Gasteiger charge is 2.17. The van der Waals surface area contributed by atoms with Gasteiger partial charge in [-0.05, 0) is 23.6 Å². The van der Waals surface area contributed by atoms with Gasteiger partial charge in [-0.3, -0.25) is 0 Å². The summed E-state index contributed by atoms with van der Waals surface area (Å²) in [7, 11) is 0.116. The molecule has 0 radical (unpaired) electrons. The number of sulfonamides is 1. The van der Waals surface area contributed by atoms with Crippen molar-refractivity contribution in [2.45, 2.75) is 4.90 Å². The second kappa shape index (κ2) is 6.62. The number of nitrogens with zero attached hydrogens (tertiary/aromatic N) is 2. The topological polar surface area (TPSA) is 61.8 Å². The van der Waals surface area contributed by atoms with Gasteiger partial charge < -0.3 is 4.90 Å². The molecule has 0 saturated carbocycles. The quantitative estimate of drug-likeness (QED) is 0.562. The first-order valence-corrected chi connectivity index (χ1v) is 9.63. The fraction of sp³-hybridized carbons (Fsp3) is 0.118. The normalized spacial score (nSPS) is 11.9. The molecule has 124 valence electrons. The van der Waals surface area contributed by atoms with Crippen LogP contribution < -0.4 is 9.73 Å². The number of rotatable bonds is 5. The highest BCUT2D eigenvalue weighted by Crippen LogP contribution is 2.30. The molecule has 5 nitrogen and oxygen atoms in total. The fourth-order valence-electron chi connectivity index (χ4n) is 2.46. The highest BCUT2D eigenvalue weighted by molar-refractivity contribution is 7.89. The van der Waals surface area contributed by atoms with Crippen LogP contribution in [0.25, 0.3) is 10.8 Å². The molecule has 1 N–H and O–H groups in total. The molecule has 0 unspecified atom stereocenters. The summed E-state index contributed by atoms with van der Waals surface area (Å²) in [5.41, 5.74) is 0.964. The predicted octanol–water partition coefficient (Wildman–Crippen LogP) is 3.28. The molecular formula is C17H17N3O2S2. The minimum atomic E-state index is -3.74. The van der Waals surface area contributed by atoms with Gasteiger partial charge in [-0.1, -0.05) is 30.3 Å². The van der Waals surface area contributed by atoms with Crippen LogP contribution in [0, 0.1) is 0 Å². The maximum Gasteiger partial charge on any atom is 0.277 e. The molecule has 0 spiro atoms. The lowest BCUT2D eigenvalue weighted by molar-refractivity contribution is 0.585. The van der Waals surface area contributed by atoms with Gasteiger partial charge in [0.25, 0.3) is 10.0 Å². The van der Waals surface area contributed by atoms with Gasteiger partial charge in [-0.25, -0.2) is 4.83 Å². The molecule has 0 saturated heterocycles. The lowest BCUT2D eigenvalue weighted by atomic mass is 10.1. The Bertz CT molecular complexity index is 978. The van der Waals surface area contributed by atoms with Gasteiger partial charge in [0.15, 0.2) is 0 Å². The van der Waals surface area contributed by atoms with E-state index in [1.165, 1.54) is 17.6 Å². The molecule has 3 aromatic rings. The predicted molar refractivity (Wildman–Crippen MR) is 101 cm³/mol. The molecule has 3 rings (SSSR count). The van der Waals surface area contributed by atoms with E-state index in [9.17, 15) is 8.42 Å². The zero-order valence-electron chi connectivity index (χ0n) is 13.3. The number of thiophene rings is 1. The summed E-state index contributed by atoms with van der Waals surface area (Å²) < 4.78 is 25.2. The first-order chi connectivity index (χ1) is 11.5. The summed E-state index contributed by atoms with van der Waals surface area (Å²) in [6, 6.07) is 14.6. The first kappa shape index (κ1) is 16.5. The minimum Gasteiger partial charge on any atom is -0.377 e. The zero-order valence-corrected chi connectivity index (χ0v) is 14.9. The Labute approximate surface area is 145 Å². The van der Waals surface area contributed by atoms with Crippen molar-refractivity contribution in [2.24, 2.45) is 5.10 Å². The Hall–Kier alpha value is -2.38. The number of benzene rings is 2. The Morgan fingerprint density at radius 1 is 1.04 bits per heavy atom. The van der Waals surface area contributed by atoms with E-state index in [0.717, 1.165) is 16.0 Å². The van der Waals surface area contributed by atoms with Gasteiger partial charge in [-0.15, -0.1) is 11.3 Å². The Morgan fingerprint density at radius 3 is 2.50 bits per heavy atom. The van der Waals surface area contributed by atoms with Crippen LogP contribution in [0.2, 0.25) is 0 Å². The first-order valence-electron chi connectivity index (χ1n) is 7.26. The summed E-state index contributed by atoms with van der Waals surface area (Å²) in [5.74, 6) is 0. The molecule has 0 aliphatic heterocycles. The number of nitrogens with one attached hydrogen (secondary N) is 1. The number of anilines is 1. The van der Waals surface area contributed by atoms with E-state index in [2.05, 4.69) is 9.93 Å². The lowest BCUT2D eigenvalue weighted by Crippen LogP contribution is -2.19. The SMILES string of the molecule is CN(C)c1cccc2c(S(=O)(=O)N/N=C/c3cccs3)cccc12. The van der Waals surface area contributed by atoms with Gasteiger partial charge in [0.05, 0.1) is 11.1 Å². The second-order valence-electron chi connectivity index (χ2n) is 5.39. The summed E-state index contributed by atoms with van der Waals surface area (Å²) in [4.78, 5) is 5.34. The average molecular weight is 359 g/mol. The number of hydrogen-bond donors (Lipinski definition) is 1. The van der Waals surface area contributed by atoms with Crippen LogP contribution >= 0.6 is 11.3 Å². The molecule has 0 amide bonds. The van der Waals surface area contributed by atoms with Gasteiger partial charge in [0, 0.05) is 35.4 Å². The standard InChI is InChI=1S/C17H17N3O2S2/c1-20(2)16-9-3-8-15-14(16)7-4-10-17(15)24(21,22)19-18-12-13-6-5-11-23-13/h3-12,19H,1-2H3/b18-12+. The van der Waals surface area contributed by atoms with Crippen molar-refractivity contribution < 1.29 is 8.42 Å². The molecule has 0 atom stereocenters. The van der Waals surface area contributed by atoms with E-state index < -0.39 is 10.0 Å². The van der Waals surface area contributed by atoms with Crippen LogP contribution in [0.1, 0.15) is 4.88 Å². The molecule has 0 aliphatic carbocycles. The van der Waals surface area contributed by atoms with Crippen LogP contribution in [0.15, 0.2) is 63.9 Å². The Kier molecular flexibility index (Phi) is 4.55. The molecule has 1 aromatic heterocycles. The monoisotopic (exact) mass is 359 g/mol. The van der Waals surface area contributed by atoms with E-state index in [1.807, 2.05) is 54.7 Å². The third-order valence-electron chi connectivity index (χ3n) is 3.54. The minimum absolute atomic E-state index is 0.215. The van der Waals surface area contributed by atoms with Crippen LogP contribution in [0.4, 0.5) is 5.69 Å². The number of fused-ring (bicyclic) bond motifs is 1. The van der Waals surface area contributed by atoms with Crippen molar-refractivity contribution in [3.63, 3.8) is 0 Å². The van der Waals surface area contributed by atoms with E-state index in [4.69, 9.17) is 0 Å². The van der Waals surface area contributed by atoms with E-state index >= 15 is 0 Å². The average Bonchev–Trinajstić information content (AvgIpc) is 3.06.